The number of nitrogens with zero attached hydrogens (tertiary/aromatic N) is 2. The third kappa shape index (κ3) is 6.68. The van der Waals surface area contributed by atoms with Crippen LogP contribution in [0.5, 0.6) is 0 Å². The number of nitrogens with one attached hydrogen (secondary N) is 2. The molecule has 0 radical (unpaired) electrons. The standard InChI is InChI=1S/C35H34N4O5/c1-4-32(40)36-31-20-24(13-14-29(31)35(43)39-15-17-44-18-16-39)19-26-21-27(22-38(3)34(26)42)28-11-8-12-30(23(28)2)37-33(41)25-9-6-5-7-10-25/h4-14,20-22H,1,15-19H2,2-3H3,(H,36,40)(H,37,41). The Morgan fingerprint density at radius 1 is 0.932 bits per heavy atom. The van der Waals surface area contributed by atoms with Crippen LogP contribution in [0.3, 0.4) is 0 Å². The van der Waals surface area contributed by atoms with E-state index in [1.807, 2.05) is 49.4 Å². The number of hydrogen-bond acceptors (Lipinski definition) is 5. The summed E-state index contributed by atoms with van der Waals surface area (Å²) in [6.45, 7) is 7.30. The van der Waals surface area contributed by atoms with Gasteiger partial charge in [-0.2, -0.15) is 0 Å². The topological polar surface area (TPSA) is 110 Å². The summed E-state index contributed by atoms with van der Waals surface area (Å²) in [4.78, 5) is 53.3. The molecule has 224 valence electrons. The van der Waals surface area contributed by atoms with E-state index in [4.69, 9.17) is 4.74 Å². The van der Waals surface area contributed by atoms with Crippen molar-refractivity contribution in [2.75, 3.05) is 36.9 Å². The molecule has 3 amide bonds. The molecule has 1 aliphatic rings. The molecule has 3 aromatic carbocycles. The number of benzene rings is 3. The van der Waals surface area contributed by atoms with Gasteiger partial charge in [0.25, 0.3) is 17.4 Å². The normalized spacial score (nSPS) is 12.8. The van der Waals surface area contributed by atoms with E-state index in [0.29, 0.717) is 54.4 Å². The molecule has 2 N–H and O–H groups in total. The number of ether oxygens (including phenoxy) is 1. The molecule has 1 fully saturated rings. The smallest absolute Gasteiger partial charge is 0.256 e. The van der Waals surface area contributed by atoms with E-state index < -0.39 is 5.91 Å². The largest absolute Gasteiger partial charge is 0.378 e. The van der Waals surface area contributed by atoms with Crippen molar-refractivity contribution in [3.8, 4) is 11.1 Å². The Bertz CT molecular complexity index is 1790. The van der Waals surface area contributed by atoms with Crippen molar-refractivity contribution in [3.05, 3.63) is 130 Å². The van der Waals surface area contributed by atoms with Crippen LogP contribution in [0, 0.1) is 6.92 Å². The maximum Gasteiger partial charge on any atom is 0.256 e. The first kappa shape index (κ1) is 30.2. The number of anilines is 2. The van der Waals surface area contributed by atoms with Crippen molar-refractivity contribution >= 4 is 29.1 Å². The Kier molecular flexibility index (Phi) is 9.16. The number of aryl methyl sites for hydroxylation is 1. The average molecular weight is 591 g/mol. The highest BCUT2D eigenvalue weighted by molar-refractivity contribution is 6.07. The van der Waals surface area contributed by atoms with Gasteiger partial charge in [-0.05, 0) is 71.7 Å². The fourth-order valence-electron chi connectivity index (χ4n) is 5.25. The van der Waals surface area contributed by atoms with Crippen molar-refractivity contribution in [3.63, 3.8) is 0 Å². The molecule has 1 aromatic heterocycles. The Morgan fingerprint density at radius 3 is 2.41 bits per heavy atom. The van der Waals surface area contributed by atoms with Crippen molar-refractivity contribution in [1.29, 1.82) is 0 Å². The van der Waals surface area contributed by atoms with Gasteiger partial charge in [-0.3, -0.25) is 19.2 Å². The molecule has 44 heavy (non-hydrogen) atoms. The van der Waals surface area contributed by atoms with E-state index in [0.717, 1.165) is 28.3 Å². The summed E-state index contributed by atoms with van der Waals surface area (Å²) in [5.41, 5.74) is 5.62. The third-order valence-corrected chi connectivity index (χ3v) is 7.64. The van der Waals surface area contributed by atoms with Gasteiger partial charge in [-0.15, -0.1) is 0 Å². The number of hydrogen-bond donors (Lipinski definition) is 2. The van der Waals surface area contributed by atoms with Gasteiger partial charge in [0.05, 0.1) is 24.5 Å². The van der Waals surface area contributed by atoms with Crippen LogP contribution >= 0.6 is 0 Å². The Hall–Kier alpha value is -5.28. The van der Waals surface area contributed by atoms with Gasteiger partial charge in [-0.25, -0.2) is 0 Å². The molecular formula is C35H34N4O5. The Morgan fingerprint density at radius 2 is 1.68 bits per heavy atom. The lowest BCUT2D eigenvalue weighted by molar-refractivity contribution is -0.111. The zero-order chi connectivity index (χ0) is 31.2. The molecule has 0 atom stereocenters. The van der Waals surface area contributed by atoms with E-state index in [2.05, 4.69) is 17.2 Å². The van der Waals surface area contributed by atoms with Crippen LogP contribution in [-0.2, 0) is 23.0 Å². The van der Waals surface area contributed by atoms with Gasteiger partial charge >= 0.3 is 0 Å². The van der Waals surface area contributed by atoms with Crippen molar-refractivity contribution in [2.24, 2.45) is 7.05 Å². The fraction of sp³-hybridized carbons (Fsp3) is 0.200. The SMILES string of the molecule is C=CC(=O)Nc1cc(Cc2cc(-c3cccc(NC(=O)c4ccccc4)c3C)cn(C)c2=O)ccc1C(=O)N1CCOCC1. The van der Waals surface area contributed by atoms with Gasteiger partial charge in [0.1, 0.15) is 0 Å². The molecule has 1 aliphatic heterocycles. The summed E-state index contributed by atoms with van der Waals surface area (Å²) in [6.07, 6.45) is 3.19. The summed E-state index contributed by atoms with van der Waals surface area (Å²) < 4.78 is 6.91. The predicted molar refractivity (Wildman–Crippen MR) is 171 cm³/mol. The van der Waals surface area contributed by atoms with Gasteiger partial charge in [0.2, 0.25) is 5.91 Å². The molecule has 1 saturated heterocycles. The number of pyridine rings is 1. The number of rotatable bonds is 8. The highest BCUT2D eigenvalue weighted by atomic mass is 16.5. The summed E-state index contributed by atoms with van der Waals surface area (Å²) >= 11 is 0. The summed E-state index contributed by atoms with van der Waals surface area (Å²) in [5, 5.41) is 5.75. The zero-order valence-electron chi connectivity index (χ0n) is 24.8. The summed E-state index contributed by atoms with van der Waals surface area (Å²) in [6, 6.07) is 21.7. The molecule has 9 heteroatoms. The minimum absolute atomic E-state index is 0.162. The third-order valence-electron chi connectivity index (χ3n) is 7.64. The van der Waals surface area contributed by atoms with Gasteiger partial charge in [0.15, 0.2) is 0 Å². The second-order valence-corrected chi connectivity index (χ2v) is 10.6. The summed E-state index contributed by atoms with van der Waals surface area (Å²) in [7, 11) is 1.70. The van der Waals surface area contributed by atoms with Gasteiger partial charge in [-0.1, -0.05) is 43.0 Å². The first-order chi connectivity index (χ1) is 21.2. The van der Waals surface area contributed by atoms with E-state index in [1.54, 1.807) is 48.5 Å². The quantitative estimate of drug-likeness (QED) is 0.287. The molecule has 5 rings (SSSR count). The van der Waals surface area contributed by atoms with Gasteiger partial charge in [0, 0.05) is 49.6 Å². The first-order valence-corrected chi connectivity index (χ1v) is 14.3. The average Bonchev–Trinajstić information content (AvgIpc) is 3.04. The number of aromatic nitrogens is 1. The van der Waals surface area contributed by atoms with Crippen LogP contribution < -0.4 is 16.2 Å². The van der Waals surface area contributed by atoms with E-state index in [1.165, 1.54) is 4.57 Å². The van der Waals surface area contributed by atoms with E-state index >= 15 is 0 Å². The molecule has 0 saturated carbocycles. The van der Waals surface area contributed by atoms with Crippen LogP contribution in [0.4, 0.5) is 11.4 Å². The highest BCUT2D eigenvalue weighted by Gasteiger charge is 2.22. The maximum atomic E-state index is 13.3. The molecule has 0 aliphatic carbocycles. The molecule has 9 nitrogen and oxygen atoms in total. The lowest BCUT2D eigenvalue weighted by atomic mass is 9.96. The van der Waals surface area contributed by atoms with Crippen LogP contribution in [0.15, 0.2) is 96.4 Å². The fourth-order valence-corrected chi connectivity index (χ4v) is 5.25. The zero-order valence-corrected chi connectivity index (χ0v) is 24.8. The van der Waals surface area contributed by atoms with Crippen LogP contribution in [0.2, 0.25) is 0 Å². The number of morpholine rings is 1. The van der Waals surface area contributed by atoms with Crippen molar-refractivity contribution < 1.29 is 19.1 Å². The minimum atomic E-state index is -0.439. The molecule has 0 bridgehead atoms. The van der Waals surface area contributed by atoms with E-state index in [9.17, 15) is 19.2 Å². The molecule has 2 heterocycles. The summed E-state index contributed by atoms with van der Waals surface area (Å²) in [5.74, 6) is -0.848. The lowest BCUT2D eigenvalue weighted by Crippen LogP contribution is -2.41. The monoisotopic (exact) mass is 590 g/mol. The van der Waals surface area contributed by atoms with Crippen LogP contribution in [0.1, 0.15) is 37.4 Å². The molecule has 0 spiro atoms. The predicted octanol–water partition coefficient (Wildman–Crippen LogP) is 4.80. The van der Waals surface area contributed by atoms with E-state index in [-0.39, 0.29) is 23.8 Å². The Labute approximate surface area is 255 Å². The van der Waals surface area contributed by atoms with Crippen LogP contribution in [0.25, 0.3) is 11.1 Å². The minimum Gasteiger partial charge on any atom is -0.378 e. The maximum absolute atomic E-state index is 13.3. The first-order valence-electron chi connectivity index (χ1n) is 14.3. The number of carbonyl (C=O) groups excluding carboxylic acids is 3. The van der Waals surface area contributed by atoms with Crippen molar-refractivity contribution in [2.45, 2.75) is 13.3 Å². The molecular weight excluding hydrogens is 556 g/mol. The molecule has 4 aromatic rings. The lowest BCUT2D eigenvalue weighted by Gasteiger charge is -2.27. The van der Waals surface area contributed by atoms with Crippen molar-refractivity contribution in [1.82, 2.24) is 9.47 Å². The second-order valence-electron chi connectivity index (χ2n) is 10.6. The molecule has 0 unspecified atom stereocenters. The van der Waals surface area contributed by atoms with Crippen LogP contribution in [-0.4, -0.2) is 53.5 Å². The Balaban J connectivity index is 1.46. The highest BCUT2D eigenvalue weighted by Crippen LogP contribution is 2.30. The number of amides is 3. The van der Waals surface area contributed by atoms with Gasteiger partial charge < -0.3 is 24.8 Å². The number of carbonyl (C=O) groups is 3. The second kappa shape index (κ2) is 13.4.